The van der Waals surface area contributed by atoms with Gasteiger partial charge in [-0.1, -0.05) is 66.2 Å². The number of aromatic nitrogens is 2. The van der Waals surface area contributed by atoms with E-state index in [-0.39, 0.29) is 5.02 Å². The Bertz CT molecular complexity index is 1070. The quantitative estimate of drug-likeness (QED) is 0.501. The maximum absolute atomic E-state index is 13.4. The smallest absolute Gasteiger partial charge is 0.160 e. The third-order valence-corrected chi connectivity index (χ3v) is 4.45. The lowest BCUT2D eigenvalue weighted by Gasteiger charge is -2.11. The molecule has 4 rings (SSSR count). The second kappa shape index (κ2) is 7.10. The number of fused-ring (bicyclic) bond motifs is 1. The number of nitrogens with one attached hydrogen (secondary N) is 1. The van der Waals surface area contributed by atoms with E-state index in [1.165, 1.54) is 17.7 Å². The molecule has 128 valence electrons. The van der Waals surface area contributed by atoms with Crippen molar-refractivity contribution < 1.29 is 4.39 Å². The first-order valence-electron chi connectivity index (χ1n) is 8.21. The van der Waals surface area contributed by atoms with Crippen molar-refractivity contribution in [1.29, 1.82) is 0 Å². The largest absolute Gasteiger partial charge is 0.338 e. The second-order valence-corrected chi connectivity index (χ2v) is 6.36. The highest BCUT2D eigenvalue weighted by molar-refractivity contribution is 6.31. The van der Waals surface area contributed by atoms with E-state index in [4.69, 9.17) is 11.6 Å². The van der Waals surface area contributed by atoms with E-state index in [2.05, 4.69) is 27.6 Å². The van der Waals surface area contributed by atoms with Gasteiger partial charge in [-0.25, -0.2) is 4.39 Å². The van der Waals surface area contributed by atoms with Crippen LogP contribution in [0, 0.1) is 5.82 Å². The molecule has 0 spiro atoms. The summed E-state index contributed by atoms with van der Waals surface area (Å²) in [6.45, 7) is 0. The lowest BCUT2D eigenvalue weighted by Crippen LogP contribution is -2.02. The minimum Gasteiger partial charge on any atom is -0.338 e. The van der Waals surface area contributed by atoms with Gasteiger partial charge in [0, 0.05) is 22.9 Å². The van der Waals surface area contributed by atoms with Crippen molar-refractivity contribution in [2.75, 3.05) is 5.32 Å². The normalized spacial score (nSPS) is 10.8. The van der Waals surface area contributed by atoms with Crippen LogP contribution in [0.15, 0.2) is 72.8 Å². The summed E-state index contributed by atoms with van der Waals surface area (Å²) in [5.74, 6) is 0.159. The number of benzene rings is 3. The first-order chi connectivity index (χ1) is 12.7. The van der Waals surface area contributed by atoms with Gasteiger partial charge in [0.15, 0.2) is 5.82 Å². The van der Waals surface area contributed by atoms with E-state index >= 15 is 0 Å². The SMILES string of the molecule is Fc1ccc(Nc2nnc(Cc3ccccc3)c3ccccc23)cc1Cl. The van der Waals surface area contributed by atoms with Gasteiger partial charge >= 0.3 is 0 Å². The van der Waals surface area contributed by atoms with Crippen molar-refractivity contribution in [3.63, 3.8) is 0 Å². The molecule has 0 aliphatic rings. The molecule has 3 nitrogen and oxygen atoms in total. The Balaban J connectivity index is 1.73. The van der Waals surface area contributed by atoms with Crippen molar-refractivity contribution in [3.05, 3.63) is 94.9 Å². The van der Waals surface area contributed by atoms with Gasteiger partial charge in [0.05, 0.1) is 10.7 Å². The van der Waals surface area contributed by atoms with Crippen molar-refractivity contribution in [3.8, 4) is 0 Å². The zero-order valence-corrected chi connectivity index (χ0v) is 14.5. The van der Waals surface area contributed by atoms with Gasteiger partial charge in [-0.3, -0.25) is 0 Å². The zero-order chi connectivity index (χ0) is 17.9. The van der Waals surface area contributed by atoms with E-state index in [0.29, 0.717) is 17.9 Å². The molecule has 0 amide bonds. The van der Waals surface area contributed by atoms with Crippen LogP contribution in [0.5, 0.6) is 0 Å². The van der Waals surface area contributed by atoms with E-state index in [9.17, 15) is 4.39 Å². The van der Waals surface area contributed by atoms with E-state index in [1.807, 2.05) is 42.5 Å². The summed E-state index contributed by atoms with van der Waals surface area (Å²) in [6, 6.07) is 22.6. The fraction of sp³-hybridized carbons (Fsp3) is 0.0476. The summed E-state index contributed by atoms with van der Waals surface area (Å²) in [7, 11) is 0. The minimum atomic E-state index is -0.452. The van der Waals surface area contributed by atoms with Crippen LogP contribution in [0.4, 0.5) is 15.9 Å². The molecule has 0 aliphatic heterocycles. The van der Waals surface area contributed by atoms with Gasteiger partial charge in [-0.05, 0) is 23.8 Å². The molecule has 5 heteroatoms. The molecule has 3 aromatic carbocycles. The Morgan fingerprint density at radius 3 is 2.35 bits per heavy atom. The highest BCUT2D eigenvalue weighted by atomic mass is 35.5. The van der Waals surface area contributed by atoms with Crippen molar-refractivity contribution in [1.82, 2.24) is 10.2 Å². The van der Waals surface area contributed by atoms with Crippen LogP contribution in [-0.2, 0) is 6.42 Å². The first-order valence-corrected chi connectivity index (χ1v) is 8.59. The minimum absolute atomic E-state index is 0.0629. The average Bonchev–Trinajstić information content (AvgIpc) is 2.67. The number of nitrogens with zero attached hydrogens (tertiary/aromatic N) is 2. The molecule has 1 N–H and O–H groups in total. The molecule has 0 atom stereocenters. The van der Waals surface area contributed by atoms with Gasteiger partial charge in [0.1, 0.15) is 5.82 Å². The highest BCUT2D eigenvalue weighted by Crippen LogP contribution is 2.28. The third-order valence-electron chi connectivity index (χ3n) is 4.16. The summed E-state index contributed by atoms with van der Waals surface area (Å²) in [5.41, 5.74) is 2.75. The molecular weight excluding hydrogens is 349 g/mol. The maximum Gasteiger partial charge on any atom is 0.160 e. The summed E-state index contributed by atoms with van der Waals surface area (Å²) >= 11 is 5.86. The molecule has 26 heavy (non-hydrogen) atoms. The molecular formula is C21H15ClFN3. The monoisotopic (exact) mass is 363 g/mol. The molecule has 0 unspecified atom stereocenters. The highest BCUT2D eigenvalue weighted by Gasteiger charge is 2.10. The summed E-state index contributed by atoms with van der Waals surface area (Å²) < 4.78 is 13.4. The molecule has 0 saturated heterocycles. The topological polar surface area (TPSA) is 37.8 Å². The molecule has 0 radical (unpaired) electrons. The number of anilines is 2. The fourth-order valence-electron chi connectivity index (χ4n) is 2.88. The van der Waals surface area contributed by atoms with Gasteiger partial charge in [-0.2, -0.15) is 5.10 Å². The van der Waals surface area contributed by atoms with Gasteiger partial charge in [0.25, 0.3) is 0 Å². The van der Waals surface area contributed by atoms with Crippen molar-refractivity contribution in [2.24, 2.45) is 0 Å². The summed E-state index contributed by atoms with van der Waals surface area (Å²) in [5, 5.41) is 14.0. The predicted octanol–water partition coefficient (Wildman–Crippen LogP) is 5.76. The Kier molecular flexibility index (Phi) is 4.50. The van der Waals surface area contributed by atoms with E-state index in [0.717, 1.165) is 16.5 Å². The van der Waals surface area contributed by atoms with Gasteiger partial charge in [0.2, 0.25) is 0 Å². The molecule has 1 aromatic heterocycles. The van der Waals surface area contributed by atoms with Gasteiger partial charge < -0.3 is 5.32 Å². The van der Waals surface area contributed by atoms with Crippen LogP contribution in [0.1, 0.15) is 11.3 Å². The zero-order valence-electron chi connectivity index (χ0n) is 13.8. The Morgan fingerprint density at radius 1 is 0.846 bits per heavy atom. The van der Waals surface area contributed by atoms with Crippen molar-refractivity contribution in [2.45, 2.75) is 6.42 Å². The van der Waals surface area contributed by atoms with E-state index in [1.54, 1.807) is 6.07 Å². The lowest BCUT2D eigenvalue weighted by molar-refractivity contribution is 0.628. The predicted molar refractivity (Wildman–Crippen MR) is 103 cm³/mol. The summed E-state index contributed by atoms with van der Waals surface area (Å²) in [6.07, 6.45) is 0.705. The standard InChI is InChI=1S/C21H15ClFN3/c22-18-13-15(10-11-19(18)23)24-21-17-9-5-4-8-16(17)20(25-26-21)12-14-6-2-1-3-7-14/h1-11,13H,12H2,(H,24,26). The Labute approximate surface area is 155 Å². The van der Waals surface area contributed by atoms with Crippen molar-refractivity contribution >= 4 is 33.9 Å². The van der Waals surface area contributed by atoms with Crippen LogP contribution in [0.25, 0.3) is 10.8 Å². The molecule has 0 fully saturated rings. The van der Waals surface area contributed by atoms with Crippen LogP contribution in [0.3, 0.4) is 0 Å². The molecule has 1 heterocycles. The molecule has 0 saturated carbocycles. The Morgan fingerprint density at radius 2 is 1.58 bits per heavy atom. The number of hydrogen-bond donors (Lipinski definition) is 1. The van der Waals surface area contributed by atoms with E-state index < -0.39 is 5.82 Å². The first kappa shape index (κ1) is 16.5. The van der Waals surface area contributed by atoms with Crippen LogP contribution in [-0.4, -0.2) is 10.2 Å². The lowest BCUT2D eigenvalue weighted by atomic mass is 10.0. The fourth-order valence-corrected chi connectivity index (χ4v) is 3.06. The second-order valence-electron chi connectivity index (χ2n) is 5.96. The maximum atomic E-state index is 13.4. The third kappa shape index (κ3) is 3.37. The summed E-state index contributed by atoms with van der Waals surface area (Å²) in [4.78, 5) is 0. The average molecular weight is 364 g/mol. The molecule has 4 aromatic rings. The number of rotatable bonds is 4. The van der Waals surface area contributed by atoms with Crippen LogP contribution in [0.2, 0.25) is 5.02 Å². The van der Waals surface area contributed by atoms with Crippen LogP contribution < -0.4 is 5.32 Å². The number of hydrogen-bond acceptors (Lipinski definition) is 3. The number of halogens is 2. The Hall–Kier alpha value is -2.98. The van der Waals surface area contributed by atoms with Gasteiger partial charge in [-0.15, -0.1) is 5.10 Å². The molecule has 0 bridgehead atoms. The van der Waals surface area contributed by atoms with Crippen LogP contribution >= 0.6 is 11.6 Å². The molecule has 0 aliphatic carbocycles.